The maximum atomic E-state index is 11.6. The van der Waals surface area contributed by atoms with Gasteiger partial charge in [0.05, 0.1) is 4.86 Å². The minimum atomic E-state index is -2.32. The summed E-state index contributed by atoms with van der Waals surface area (Å²) in [6, 6.07) is 0. The molecule has 0 saturated carbocycles. The van der Waals surface area contributed by atoms with Gasteiger partial charge in [-0.3, -0.25) is 0 Å². The molecule has 1 aromatic rings. The van der Waals surface area contributed by atoms with Gasteiger partial charge in [0.2, 0.25) is 10.3 Å². The van der Waals surface area contributed by atoms with Crippen molar-refractivity contribution in [3.8, 4) is 0 Å². The molecule has 1 aliphatic carbocycles. The summed E-state index contributed by atoms with van der Waals surface area (Å²) in [7, 11) is -2.32. The van der Waals surface area contributed by atoms with Gasteiger partial charge in [0.25, 0.3) is 0 Å². The van der Waals surface area contributed by atoms with Crippen LogP contribution >= 0.6 is 11.6 Å². The molecule has 5 nitrogen and oxygen atoms in total. The average Bonchev–Trinajstić information content (AvgIpc) is 2.55. The molecule has 0 amide bonds. The van der Waals surface area contributed by atoms with Gasteiger partial charge in [0.1, 0.15) is 16.8 Å². The molecule has 0 aromatic carbocycles. The first kappa shape index (κ1) is 17.2. The summed E-state index contributed by atoms with van der Waals surface area (Å²) >= 11 is 6.44. The van der Waals surface area contributed by atoms with Crippen LogP contribution in [0.25, 0.3) is 0 Å². The number of aromatic nitrogens is 2. The molecule has 0 N–H and O–H groups in total. The molecular weight excluding hydrogens is 346 g/mol. The number of rotatable bonds is 2. The lowest BCUT2D eigenvalue weighted by Crippen LogP contribution is -2.35. The molecule has 128 valence electrons. The fourth-order valence-corrected chi connectivity index (χ4v) is 4.10. The summed E-state index contributed by atoms with van der Waals surface area (Å²) in [6.07, 6.45) is 9.16. The van der Waals surface area contributed by atoms with Gasteiger partial charge >= 0.3 is 0 Å². The van der Waals surface area contributed by atoms with Crippen molar-refractivity contribution in [3.05, 3.63) is 40.8 Å². The van der Waals surface area contributed by atoms with Gasteiger partial charge in [-0.1, -0.05) is 36.8 Å². The molecule has 7 heteroatoms. The predicted octanol–water partition coefficient (Wildman–Crippen LogP) is 2.94. The van der Waals surface area contributed by atoms with Crippen LogP contribution < -0.4 is 4.90 Å². The van der Waals surface area contributed by atoms with Crippen LogP contribution in [0.3, 0.4) is 0 Å². The van der Waals surface area contributed by atoms with E-state index in [0.29, 0.717) is 27.3 Å². The Labute approximate surface area is 148 Å². The second-order valence-corrected chi connectivity index (χ2v) is 7.63. The van der Waals surface area contributed by atoms with E-state index in [9.17, 15) is 8.42 Å². The summed E-state index contributed by atoms with van der Waals surface area (Å²) in [5.74, 6) is 1.59. The Morgan fingerprint density at radius 3 is 2.58 bits per heavy atom. The van der Waals surface area contributed by atoms with Crippen LogP contribution in [-0.2, 0) is 10.3 Å². The van der Waals surface area contributed by atoms with Crippen molar-refractivity contribution in [2.24, 2.45) is 5.92 Å². The Bertz CT molecular complexity index is 830. The molecule has 0 bridgehead atoms. The third kappa shape index (κ3) is 3.39. The van der Waals surface area contributed by atoms with Crippen LogP contribution in [0.5, 0.6) is 0 Å². The van der Waals surface area contributed by atoms with E-state index in [0.717, 1.165) is 31.7 Å². The van der Waals surface area contributed by atoms with E-state index in [2.05, 4.69) is 21.8 Å². The SMILES string of the molecule is Cc1nc(Cl)c(C2C=CC=CC2=S(=O)=O)c(N2CCC(C)CC2)n1. The summed E-state index contributed by atoms with van der Waals surface area (Å²) in [4.78, 5) is 11.4. The van der Waals surface area contributed by atoms with Crippen molar-refractivity contribution in [3.63, 3.8) is 0 Å². The highest BCUT2D eigenvalue weighted by Gasteiger charge is 2.29. The number of hydrogen-bond acceptors (Lipinski definition) is 5. The van der Waals surface area contributed by atoms with Crippen LogP contribution in [0.1, 0.15) is 37.1 Å². The van der Waals surface area contributed by atoms with E-state index in [1.807, 2.05) is 12.2 Å². The number of allylic oxidation sites excluding steroid dienone is 4. The van der Waals surface area contributed by atoms with E-state index in [1.54, 1.807) is 19.1 Å². The maximum absolute atomic E-state index is 11.6. The standard InChI is InChI=1S/C17H20ClN3O2S/c1-11-7-9-21(10-8-11)17-15(16(18)19-12(2)20-17)13-5-3-4-6-14(13)24(22)23/h3-6,11,13H,7-10H2,1-2H3. The van der Waals surface area contributed by atoms with Gasteiger partial charge in [-0.15, -0.1) is 0 Å². The zero-order chi connectivity index (χ0) is 17.3. The number of nitrogens with zero attached hydrogens (tertiary/aromatic N) is 3. The Balaban J connectivity index is 2.12. The molecule has 24 heavy (non-hydrogen) atoms. The van der Waals surface area contributed by atoms with Crippen molar-refractivity contribution in [2.45, 2.75) is 32.6 Å². The number of anilines is 1. The quantitative estimate of drug-likeness (QED) is 0.595. The molecule has 2 heterocycles. The molecular formula is C17H20ClN3O2S. The molecule has 0 spiro atoms. The highest BCUT2D eigenvalue weighted by Crippen LogP contribution is 2.36. The first-order valence-corrected chi connectivity index (χ1v) is 9.52. The lowest BCUT2D eigenvalue weighted by Gasteiger charge is -2.33. The molecule has 0 radical (unpaired) electrons. The highest BCUT2D eigenvalue weighted by atomic mass is 35.5. The van der Waals surface area contributed by atoms with Crippen LogP contribution in [0, 0.1) is 12.8 Å². The van der Waals surface area contributed by atoms with Gasteiger partial charge in [-0.2, -0.15) is 8.42 Å². The lowest BCUT2D eigenvalue weighted by molar-refractivity contribution is 0.435. The Hall–Kier alpha value is -1.66. The van der Waals surface area contributed by atoms with Crippen molar-refractivity contribution < 1.29 is 8.42 Å². The third-order valence-corrected chi connectivity index (χ3v) is 5.62. The Morgan fingerprint density at radius 1 is 1.21 bits per heavy atom. The normalized spacial score (nSPS) is 21.4. The van der Waals surface area contributed by atoms with Gasteiger partial charge < -0.3 is 4.90 Å². The van der Waals surface area contributed by atoms with E-state index in [-0.39, 0.29) is 0 Å². The Morgan fingerprint density at radius 2 is 1.92 bits per heavy atom. The molecule has 1 unspecified atom stereocenters. The fourth-order valence-electron chi connectivity index (χ4n) is 3.18. The third-order valence-electron chi connectivity index (χ3n) is 4.56. The molecule has 1 atom stereocenters. The van der Waals surface area contributed by atoms with Crippen LogP contribution in [0.15, 0.2) is 24.3 Å². The summed E-state index contributed by atoms with van der Waals surface area (Å²) < 4.78 is 23.3. The largest absolute Gasteiger partial charge is 0.356 e. The van der Waals surface area contributed by atoms with Crippen LogP contribution in [0.4, 0.5) is 5.82 Å². The van der Waals surface area contributed by atoms with Gasteiger partial charge in [0, 0.05) is 24.6 Å². The van der Waals surface area contributed by atoms with Crippen LogP contribution in [-0.4, -0.2) is 36.3 Å². The zero-order valence-corrected chi connectivity index (χ0v) is 15.3. The second kappa shape index (κ2) is 7.07. The van der Waals surface area contributed by atoms with Crippen molar-refractivity contribution in [1.82, 2.24) is 9.97 Å². The van der Waals surface area contributed by atoms with Crippen LogP contribution in [0.2, 0.25) is 5.15 Å². The lowest BCUT2D eigenvalue weighted by atomic mass is 9.92. The number of aryl methyl sites for hydroxylation is 1. The summed E-state index contributed by atoms with van der Waals surface area (Å²) in [6.45, 7) is 5.84. The first-order valence-electron chi connectivity index (χ1n) is 8.07. The monoisotopic (exact) mass is 365 g/mol. The van der Waals surface area contributed by atoms with E-state index >= 15 is 0 Å². The number of hydrogen-bond donors (Lipinski definition) is 0. The summed E-state index contributed by atoms with van der Waals surface area (Å²) in [5.41, 5.74) is 0.677. The van der Waals surface area contributed by atoms with Crippen molar-refractivity contribution in [1.29, 1.82) is 0 Å². The topological polar surface area (TPSA) is 63.2 Å². The highest BCUT2D eigenvalue weighted by molar-refractivity contribution is 7.73. The molecule has 1 aromatic heterocycles. The number of piperidine rings is 1. The second-order valence-electron chi connectivity index (χ2n) is 6.33. The average molecular weight is 366 g/mol. The maximum Gasteiger partial charge on any atom is 0.218 e. The molecule has 1 saturated heterocycles. The minimum Gasteiger partial charge on any atom is -0.356 e. The molecule has 1 fully saturated rings. The Kier molecular flexibility index (Phi) is 5.06. The van der Waals surface area contributed by atoms with E-state index < -0.39 is 16.2 Å². The van der Waals surface area contributed by atoms with E-state index in [1.165, 1.54) is 0 Å². The van der Waals surface area contributed by atoms with Gasteiger partial charge in [-0.25, -0.2) is 9.97 Å². The predicted molar refractivity (Wildman–Crippen MR) is 97.3 cm³/mol. The minimum absolute atomic E-state index is 0.290. The number of halogens is 1. The smallest absolute Gasteiger partial charge is 0.218 e. The van der Waals surface area contributed by atoms with Crippen molar-refractivity contribution >= 4 is 32.6 Å². The van der Waals surface area contributed by atoms with Crippen molar-refractivity contribution in [2.75, 3.05) is 18.0 Å². The van der Waals surface area contributed by atoms with E-state index in [4.69, 9.17) is 11.6 Å². The first-order chi connectivity index (χ1) is 11.5. The molecule has 2 aliphatic rings. The van der Waals surface area contributed by atoms with Gasteiger partial charge in [0.15, 0.2) is 0 Å². The molecule has 3 rings (SSSR count). The fraction of sp³-hybridized carbons (Fsp3) is 0.471. The van der Waals surface area contributed by atoms with Gasteiger partial charge in [-0.05, 0) is 31.8 Å². The zero-order valence-electron chi connectivity index (χ0n) is 13.7. The summed E-state index contributed by atoms with van der Waals surface area (Å²) in [5, 5.41) is 0.323. The molecule has 1 aliphatic heterocycles.